The van der Waals surface area contributed by atoms with Gasteiger partial charge in [-0.2, -0.15) is 0 Å². The second-order valence-electron chi connectivity index (χ2n) is 6.77. The molecule has 2 aromatic rings. The van der Waals surface area contributed by atoms with Gasteiger partial charge in [0.1, 0.15) is 5.82 Å². The van der Waals surface area contributed by atoms with Crippen LogP contribution in [0.1, 0.15) is 28.8 Å². The van der Waals surface area contributed by atoms with Crippen molar-refractivity contribution >= 4 is 45.8 Å². The van der Waals surface area contributed by atoms with Crippen molar-refractivity contribution in [1.29, 1.82) is 0 Å². The molecule has 2 aromatic carbocycles. The van der Waals surface area contributed by atoms with Crippen LogP contribution in [0.5, 0.6) is 0 Å². The van der Waals surface area contributed by atoms with Crippen molar-refractivity contribution < 1.29 is 37.5 Å². The second-order valence-corrected chi connectivity index (χ2v) is 8.01. The molecule has 0 aliphatic carbocycles. The van der Waals surface area contributed by atoms with Crippen LogP contribution in [0.25, 0.3) is 0 Å². The molecule has 0 radical (unpaired) electrons. The summed E-state index contributed by atoms with van der Waals surface area (Å²) in [4.78, 5) is 33.8. The number of anilines is 2. The highest BCUT2D eigenvalue weighted by Crippen LogP contribution is 2.31. The van der Waals surface area contributed by atoms with Gasteiger partial charge in [-0.25, -0.2) is 18.7 Å². The number of aliphatic hydroxyl groups is 1. The Labute approximate surface area is 194 Å². The third-order valence-electron chi connectivity index (χ3n) is 4.44. The van der Waals surface area contributed by atoms with Gasteiger partial charge in [0.2, 0.25) is 0 Å². The van der Waals surface area contributed by atoms with Gasteiger partial charge in [0.15, 0.2) is 11.6 Å². The summed E-state index contributed by atoms with van der Waals surface area (Å²) in [6, 6.07) is 5.11. The first-order valence-corrected chi connectivity index (χ1v) is 10.6. The number of aliphatic hydroxyl groups excluding tert-OH is 1. The van der Waals surface area contributed by atoms with Gasteiger partial charge in [-0.1, -0.05) is 0 Å². The van der Waals surface area contributed by atoms with Crippen LogP contribution in [0, 0.1) is 21.0 Å². The Morgan fingerprint density at radius 1 is 1.25 bits per heavy atom. The van der Waals surface area contributed by atoms with Crippen molar-refractivity contribution in [2.24, 2.45) is 0 Å². The summed E-state index contributed by atoms with van der Waals surface area (Å²) in [5.74, 6) is -4.89. The lowest BCUT2D eigenvalue weighted by molar-refractivity contribution is -0.203. The minimum Gasteiger partial charge on any atom is -0.394 e. The molecule has 1 fully saturated rings. The standard InChI is InChI=1S/C20H19F3IN3O5/c21-14-9-12(24)3-4-15(14)25-19-13(20(30)26-31-7-6-28)8-11(17(22)18(19)23)10-27-5-1-2-16(29)32-27/h3-4,8-9,25,28H,1-2,5-7,10H2,(H,26,30). The molecule has 1 aliphatic rings. The third-order valence-corrected chi connectivity index (χ3v) is 5.11. The average molecular weight is 565 g/mol. The molecule has 12 heteroatoms. The Morgan fingerprint density at radius 3 is 2.72 bits per heavy atom. The molecule has 1 saturated heterocycles. The summed E-state index contributed by atoms with van der Waals surface area (Å²) in [7, 11) is 0. The minimum atomic E-state index is -1.42. The SMILES string of the molecule is O=C1CCCN(Cc2cc(C(=O)NOCCO)c(Nc3ccc(I)cc3F)c(F)c2F)O1. The number of amides is 1. The molecule has 1 aliphatic heterocycles. The molecule has 0 bridgehead atoms. The Balaban J connectivity index is 1.98. The third kappa shape index (κ3) is 5.88. The van der Waals surface area contributed by atoms with Crippen LogP contribution in [0.4, 0.5) is 24.5 Å². The predicted molar refractivity (Wildman–Crippen MR) is 115 cm³/mol. The first-order chi connectivity index (χ1) is 15.3. The zero-order chi connectivity index (χ0) is 23.3. The maximum atomic E-state index is 15.1. The quantitative estimate of drug-likeness (QED) is 0.257. The molecule has 0 atom stereocenters. The van der Waals surface area contributed by atoms with Crippen molar-refractivity contribution in [1.82, 2.24) is 10.5 Å². The van der Waals surface area contributed by atoms with Crippen LogP contribution in [-0.4, -0.2) is 41.8 Å². The van der Waals surface area contributed by atoms with Gasteiger partial charge in [0.25, 0.3) is 5.91 Å². The van der Waals surface area contributed by atoms with Crippen LogP contribution in [0.2, 0.25) is 0 Å². The van der Waals surface area contributed by atoms with E-state index in [2.05, 4.69) is 5.32 Å². The monoisotopic (exact) mass is 565 g/mol. The number of hydrogen-bond acceptors (Lipinski definition) is 7. The van der Waals surface area contributed by atoms with Gasteiger partial charge < -0.3 is 15.3 Å². The summed E-state index contributed by atoms with van der Waals surface area (Å²) >= 11 is 1.89. The predicted octanol–water partition coefficient (Wildman–Crippen LogP) is 3.16. The Bertz CT molecular complexity index is 1020. The molecule has 3 rings (SSSR count). The van der Waals surface area contributed by atoms with Crippen molar-refractivity contribution in [2.45, 2.75) is 19.4 Å². The summed E-state index contributed by atoms with van der Waals surface area (Å²) < 4.78 is 44.8. The summed E-state index contributed by atoms with van der Waals surface area (Å²) in [5, 5.41) is 12.4. The van der Waals surface area contributed by atoms with E-state index in [4.69, 9.17) is 14.8 Å². The molecule has 1 heterocycles. The van der Waals surface area contributed by atoms with E-state index in [0.29, 0.717) is 16.5 Å². The van der Waals surface area contributed by atoms with Gasteiger partial charge in [0, 0.05) is 22.1 Å². The average Bonchev–Trinajstić information content (AvgIpc) is 2.75. The molecule has 0 spiro atoms. The van der Waals surface area contributed by atoms with Crippen LogP contribution >= 0.6 is 22.6 Å². The Kier molecular flexibility index (Phi) is 8.28. The molecule has 0 saturated carbocycles. The highest BCUT2D eigenvalue weighted by Gasteiger charge is 2.26. The second kappa shape index (κ2) is 10.9. The zero-order valence-electron chi connectivity index (χ0n) is 16.6. The topological polar surface area (TPSA) is 100 Å². The molecule has 3 N–H and O–H groups in total. The normalized spacial score (nSPS) is 14.2. The number of hydrogen-bond donors (Lipinski definition) is 3. The fourth-order valence-corrected chi connectivity index (χ4v) is 3.43. The number of hydroxylamine groups is 3. The minimum absolute atomic E-state index is 0.174. The number of carbonyl (C=O) groups excluding carboxylic acids is 2. The van der Waals surface area contributed by atoms with E-state index in [1.54, 1.807) is 6.07 Å². The first kappa shape index (κ1) is 24.2. The molecule has 0 aromatic heterocycles. The van der Waals surface area contributed by atoms with Crippen LogP contribution in [0.3, 0.4) is 0 Å². The first-order valence-electron chi connectivity index (χ1n) is 9.51. The summed E-state index contributed by atoms with van der Waals surface area (Å²) in [6.07, 6.45) is 0.699. The van der Waals surface area contributed by atoms with E-state index in [0.717, 1.165) is 6.07 Å². The molecule has 32 heavy (non-hydrogen) atoms. The van der Waals surface area contributed by atoms with Gasteiger partial charge in [-0.15, -0.1) is 5.06 Å². The lowest BCUT2D eigenvalue weighted by Crippen LogP contribution is -2.33. The number of halogens is 4. The Morgan fingerprint density at radius 2 is 2.03 bits per heavy atom. The molecule has 8 nitrogen and oxygen atoms in total. The smallest absolute Gasteiger partial charge is 0.325 e. The Hall–Kier alpha value is -2.42. The summed E-state index contributed by atoms with van der Waals surface area (Å²) in [6.45, 7) is -0.616. The molecule has 1 amide bonds. The number of nitrogens with one attached hydrogen (secondary N) is 2. The van der Waals surface area contributed by atoms with E-state index >= 15 is 4.39 Å². The lowest BCUT2D eigenvalue weighted by Gasteiger charge is -2.25. The summed E-state index contributed by atoms with van der Waals surface area (Å²) in [5.41, 5.74) is 0.605. The van der Waals surface area contributed by atoms with E-state index < -0.39 is 35.0 Å². The van der Waals surface area contributed by atoms with E-state index in [9.17, 15) is 18.4 Å². The zero-order valence-corrected chi connectivity index (χ0v) is 18.7. The van der Waals surface area contributed by atoms with Crippen LogP contribution in [0.15, 0.2) is 24.3 Å². The molecular formula is C20H19F3IN3O5. The fraction of sp³-hybridized carbons (Fsp3) is 0.300. The fourth-order valence-electron chi connectivity index (χ4n) is 2.97. The van der Waals surface area contributed by atoms with E-state index in [-0.39, 0.29) is 43.0 Å². The van der Waals surface area contributed by atoms with Crippen molar-refractivity contribution in [2.75, 3.05) is 25.1 Å². The van der Waals surface area contributed by atoms with Gasteiger partial charge >= 0.3 is 5.97 Å². The number of benzene rings is 2. The highest BCUT2D eigenvalue weighted by atomic mass is 127. The van der Waals surface area contributed by atoms with Crippen LogP contribution < -0.4 is 10.8 Å². The van der Waals surface area contributed by atoms with Gasteiger partial charge in [-0.05, 0) is 53.3 Å². The molecule has 0 unspecified atom stereocenters. The maximum Gasteiger partial charge on any atom is 0.325 e. The molecule has 172 valence electrons. The lowest BCUT2D eigenvalue weighted by atomic mass is 10.0. The van der Waals surface area contributed by atoms with Crippen molar-refractivity contribution in [3.63, 3.8) is 0 Å². The number of carbonyl (C=O) groups is 2. The largest absolute Gasteiger partial charge is 0.394 e. The number of rotatable bonds is 8. The van der Waals surface area contributed by atoms with E-state index in [1.165, 1.54) is 17.2 Å². The highest BCUT2D eigenvalue weighted by molar-refractivity contribution is 14.1. The molecular weight excluding hydrogens is 546 g/mol. The van der Waals surface area contributed by atoms with Crippen molar-refractivity contribution in [3.8, 4) is 0 Å². The van der Waals surface area contributed by atoms with Crippen LogP contribution in [-0.2, 0) is 21.0 Å². The maximum absolute atomic E-state index is 15.1. The van der Waals surface area contributed by atoms with E-state index in [1.807, 2.05) is 28.1 Å². The number of nitrogens with zero attached hydrogens (tertiary/aromatic N) is 1. The van der Waals surface area contributed by atoms with Crippen molar-refractivity contribution in [3.05, 3.63) is 56.4 Å². The van der Waals surface area contributed by atoms with Gasteiger partial charge in [0.05, 0.1) is 36.7 Å². The van der Waals surface area contributed by atoms with Gasteiger partial charge in [-0.3, -0.25) is 14.4 Å².